The lowest BCUT2D eigenvalue weighted by Crippen LogP contribution is -2.43. The molecule has 2 aromatic carbocycles. The molecule has 0 unspecified atom stereocenters. The lowest BCUT2D eigenvalue weighted by molar-refractivity contribution is -0.133. The second-order valence-corrected chi connectivity index (χ2v) is 13.2. The van der Waals surface area contributed by atoms with Gasteiger partial charge in [-0.3, -0.25) is 4.79 Å². The van der Waals surface area contributed by atoms with Gasteiger partial charge in [-0.1, -0.05) is 52.5 Å². The van der Waals surface area contributed by atoms with Crippen LogP contribution in [0.15, 0.2) is 53.4 Å². The maximum atomic E-state index is 13.0. The number of nitrogens with one attached hydrogen (secondary N) is 1. The van der Waals surface area contributed by atoms with Gasteiger partial charge in [0.25, 0.3) is 0 Å². The van der Waals surface area contributed by atoms with E-state index in [4.69, 9.17) is 0 Å². The first kappa shape index (κ1) is 32.3. The fourth-order valence-electron chi connectivity index (χ4n) is 5.63. The molecule has 1 amide bonds. The Morgan fingerprint density at radius 1 is 0.950 bits per heavy atom. The molecular formula is C32H46F3N3OS. The number of hydrogen-bond donors (Lipinski definition) is 1. The van der Waals surface area contributed by atoms with Crippen molar-refractivity contribution in [2.45, 2.75) is 88.6 Å². The second kappa shape index (κ2) is 14.1. The number of benzene rings is 2. The van der Waals surface area contributed by atoms with E-state index in [1.54, 1.807) is 24.3 Å². The minimum Gasteiger partial charge on any atom is -0.382 e. The summed E-state index contributed by atoms with van der Waals surface area (Å²) in [6.07, 6.45) is 5.50. The average Bonchev–Trinajstić information content (AvgIpc) is 2.88. The third-order valence-electron chi connectivity index (χ3n) is 7.90. The van der Waals surface area contributed by atoms with Crippen LogP contribution in [0.1, 0.15) is 71.4 Å². The molecule has 0 spiro atoms. The number of nitrogens with zero attached hydrogens (tertiary/aromatic N) is 2. The van der Waals surface area contributed by atoms with Crippen molar-refractivity contribution in [2.24, 2.45) is 5.92 Å². The first-order valence-corrected chi connectivity index (χ1v) is 15.0. The van der Waals surface area contributed by atoms with E-state index in [1.165, 1.54) is 11.3 Å². The molecule has 8 heteroatoms. The fourth-order valence-corrected chi connectivity index (χ4v) is 6.17. The van der Waals surface area contributed by atoms with Crippen molar-refractivity contribution in [1.29, 1.82) is 0 Å². The molecule has 0 bridgehead atoms. The molecule has 0 aliphatic carbocycles. The lowest BCUT2D eigenvalue weighted by atomic mass is 9.87. The number of amides is 1. The van der Waals surface area contributed by atoms with Crippen LogP contribution in [-0.2, 0) is 16.6 Å². The molecule has 2 fully saturated rings. The Morgan fingerprint density at radius 3 is 2.20 bits per heavy atom. The standard InChI is InChI=1S/C31H42F3N3OS.CH4/c1-30(2,3)25-8-10-26(11-9-25)35-27-14-18-36(19-15-27)20-16-29(38)37-17-4-5-24(22-37)21-23-6-12-28(13-7-23)39-31(32,33)34;/h6-13,24,27,35H,4-5,14-22H2,1-3H3;1H4/t24-;/m1./s1. The first-order valence-electron chi connectivity index (χ1n) is 14.2. The predicted molar refractivity (Wildman–Crippen MR) is 161 cm³/mol. The van der Waals surface area contributed by atoms with Gasteiger partial charge in [0.15, 0.2) is 0 Å². The monoisotopic (exact) mass is 577 g/mol. The van der Waals surface area contributed by atoms with E-state index in [9.17, 15) is 18.0 Å². The zero-order valence-electron chi connectivity index (χ0n) is 23.4. The molecule has 2 aromatic rings. The number of rotatable bonds is 8. The zero-order valence-corrected chi connectivity index (χ0v) is 24.2. The number of anilines is 1. The van der Waals surface area contributed by atoms with Gasteiger partial charge in [0.1, 0.15) is 0 Å². The molecule has 1 atom stereocenters. The minimum atomic E-state index is -4.27. The number of piperidine rings is 2. The molecular weight excluding hydrogens is 531 g/mol. The molecule has 2 saturated heterocycles. The summed E-state index contributed by atoms with van der Waals surface area (Å²) in [5, 5.41) is 3.68. The third kappa shape index (κ3) is 10.0. The Hall–Kier alpha value is -2.19. The van der Waals surface area contributed by atoms with Crippen LogP contribution in [0.3, 0.4) is 0 Å². The third-order valence-corrected chi connectivity index (χ3v) is 8.64. The topological polar surface area (TPSA) is 35.6 Å². The number of thioether (sulfide) groups is 1. The van der Waals surface area contributed by atoms with Gasteiger partial charge in [-0.2, -0.15) is 13.2 Å². The largest absolute Gasteiger partial charge is 0.446 e. The van der Waals surface area contributed by atoms with Crippen molar-refractivity contribution >= 4 is 23.4 Å². The number of alkyl halides is 3. The van der Waals surface area contributed by atoms with Crippen LogP contribution in [0.4, 0.5) is 18.9 Å². The van der Waals surface area contributed by atoms with Gasteiger partial charge in [0.2, 0.25) is 5.91 Å². The summed E-state index contributed by atoms with van der Waals surface area (Å²) in [5.41, 5.74) is -0.567. The second-order valence-electron chi connectivity index (χ2n) is 12.1. The zero-order chi connectivity index (χ0) is 28.0. The Balaban J connectivity index is 0.00000441. The van der Waals surface area contributed by atoms with E-state index in [2.05, 4.69) is 55.3 Å². The van der Waals surface area contributed by atoms with Crippen molar-refractivity contribution in [3.8, 4) is 0 Å². The van der Waals surface area contributed by atoms with Crippen molar-refractivity contribution in [3.05, 3.63) is 59.7 Å². The summed E-state index contributed by atoms with van der Waals surface area (Å²) in [4.78, 5) is 17.6. The summed E-state index contributed by atoms with van der Waals surface area (Å²) in [6, 6.07) is 15.9. The number of hydrogen-bond acceptors (Lipinski definition) is 4. The number of halogens is 3. The van der Waals surface area contributed by atoms with Crippen LogP contribution in [0.25, 0.3) is 0 Å². The van der Waals surface area contributed by atoms with Gasteiger partial charge >= 0.3 is 5.51 Å². The van der Waals surface area contributed by atoms with Gasteiger partial charge < -0.3 is 15.1 Å². The maximum Gasteiger partial charge on any atom is 0.446 e. The van der Waals surface area contributed by atoms with Crippen LogP contribution < -0.4 is 5.32 Å². The predicted octanol–water partition coefficient (Wildman–Crippen LogP) is 7.98. The average molecular weight is 578 g/mol. The van der Waals surface area contributed by atoms with Crippen LogP contribution >= 0.6 is 11.8 Å². The molecule has 0 radical (unpaired) electrons. The fraction of sp³-hybridized carbons (Fsp3) is 0.594. The van der Waals surface area contributed by atoms with E-state index in [-0.39, 0.29) is 35.4 Å². The number of carbonyl (C=O) groups excluding carboxylic acids is 1. The van der Waals surface area contributed by atoms with E-state index >= 15 is 0 Å². The smallest absolute Gasteiger partial charge is 0.382 e. The molecule has 1 N–H and O–H groups in total. The van der Waals surface area contributed by atoms with Crippen LogP contribution in [0.5, 0.6) is 0 Å². The van der Waals surface area contributed by atoms with Crippen molar-refractivity contribution < 1.29 is 18.0 Å². The van der Waals surface area contributed by atoms with E-state index in [0.29, 0.717) is 18.4 Å². The maximum absolute atomic E-state index is 13.0. The highest BCUT2D eigenvalue weighted by Gasteiger charge is 2.29. The molecule has 0 aromatic heterocycles. The van der Waals surface area contributed by atoms with E-state index in [0.717, 1.165) is 70.4 Å². The Labute approximate surface area is 243 Å². The summed E-state index contributed by atoms with van der Waals surface area (Å²) in [6.45, 7) is 11.0. The van der Waals surface area contributed by atoms with Crippen LogP contribution in [0, 0.1) is 5.92 Å². The Morgan fingerprint density at radius 2 is 1.60 bits per heavy atom. The minimum absolute atomic E-state index is 0. The van der Waals surface area contributed by atoms with Gasteiger partial charge in [-0.15, -0.1) is 0 Å². The number of likely N-dealkylation sites (tertiary alicyclic amines) is 2. The van der Waals surface area contributed by atoms with Gasteiger partial charge in [0.05, 0.1) is 0 Å². The molecule has 2 aliphatic rings. The highest BCUT2D eigenvalue weighted by molar-refractivity contribution is 8.00. The molecule has 222 valence electrons. The highest BCUT2D eigenvalue weighted by atomic mass is 32.2. The first-order chi connectivity index (χ1) is 18.4. The SMILES string of the molecule is C.CC(C)(C)c1ccc(NC2CCN(CCC(=O)N3CCC[C@H](Cc4ccc(SC(F)(F)F)cc4)C3)CC2)cc1. The summed E-state index contributed by atoms with van der Waals surface area (Å²) in [7, 11) is 0. The Bertz CT molecular complexity index is 1060. The summed E-state index contributed by atoms with van der Waals surface area (Å²) in [5.74, 6) is 0.568. The Kier molecular flexibility index (Phi) is 11.4. The van der Waals surface area contributed by atoms with Crippen molar-refractivity contribution in [2.75, 3.05) is 38.0 Å². The van der Waals surface area contributed by atoms with E-state index in [1.807, 2.05) is 4.90 Å². The van der Waals surface area contributed by atoms with E-state index < -0.39 is 5.51 Å². The highest BCUT2D eigenvalue weighted by Crippen LogP contribution is 2.37. The quantitative estimate of drug-likeness (QED) is 0.323. The molecule has 4 nitrogen and oxygen atoms in total. The van der Waals surface area contributed by atoms with Crippen LogP contribution in [0.2, 0.25) is 0 Å². The van der Waals surface area contributed by atoms with Gasteiger partial charge in [-0.05, 0) is 90.6 Å². The summed E-state index contributed by atoms with van der Waals surface area (Å²) < 4.78 is 37.7. The number of carbonyl (C=O) groups is 1. The van der Waals surface area contributed by atoms with Crippen LogP contribution in [-0.4, -0.2) is 60.0 Å². The van der Waals surface area contributed by atoms with Crippen molar-refractivity contribution in [3.63, 3.8) is 0 Å². The molecule has 2 heterocycles. The molecule has 4 rings (SSSR count). The normalized spacial score (nSPS) is 19.2. The summed E-state index contributed by atoms with van der Waals surface area (Å²) >= 11 is -0.0822. The van der Waals surface area contributed by atoms with Crippen molar-refractivity contribution in [1.82, 2.24) is 9.80 Å². The lowest BCUT2D eigenvalue weighted by Gasteiger charge is -2.35. The molecule has 2 aliphatic heterocycles. The van der Waals surface area contributed by atoms with Gasteiger partial charge in [0, 0.05) is 55.8 Å². The molecule has 40 heavy (non-hydrogen) atoms. The molecule has 0 saturated carbocycles. The van der Waals surface area contributed by atoms with Gasteiger partial charge in [-0.25, -0.2) is 0 Å².